The highest BCUT2D eigenvalue weighted by molar-refractivity contribution is 9.11. The van der Waals surface area contributed by atoms with Crippen molar-refractivity contribution in [3.8, 4) is 0 Å². The largest absolute Gasteiger partial charge is 0.305 e. The van der Waals surface area contributed by atoms with Crippen molar-refractivity contribution >= 4 is 31.9 Å². The number of nitrogens with one attached hydrogen (secondary N) is 1. The van der Waals surface area contributed by atoms with E-state index in [-0.39, 0.29) is 5.56 Å². The van der Waals surface area contributed by atoms with E-state index in [1.165, 1.54) is 6.07 Å². The van der Waals surface area contributed by atoms with Gasteiger partial charge in [-0.2, -0.15) is 0 Å². The minimum atomic E-state index is -0.516. The van der Waals surface area contributed by atoms with Gasteiger partial charge in [-0.05, 0) is 62.7 Å². The molecule has 106 valence electrons. The van der Waals surface area contributed by atoms with E-state index < -0.39 is 17.7 Å². The Morgan fingerprint density at radius 1 is 1.25 bits per heavy atom. The molecule has 0 spiro atoms. The molecule has 6 heteroatoms. The molecule has 2 aromatic rings. The first kappa shape index (κ1) is 15.5. The molecular weight excluding hydrogens is 394 g/mol. The third-order valence-electron chi connectivity index (χ3n) is 2.79. The summed E-state index contributed by atoms with van der Waals surface area (Å²) in [6, 6.07) is 4.73. The zero-order chi connectivity index (χ0) is 14.7. The minimum Gasteiger partial charge on any atom is -0.305 e. The SMILES string of the molecule is CCNC(c1cc(F)ccc1F)c1ncc(Br)cc1Br. The van der Waals surface area contributed by atoms with Crippen molar-refractivity contribution in [3.05, 3.63) is 62.3 Å². The highest BCUT2D eigenvalue weighted by Gasteiger charge is 2.21. The first-order chi connectivity index (χ1) is 9.52. The van der Waals surface area contributed by atoms with E-state index in [0.29, 0.717) is 12.2 Å². The van der Waals surface area contributed by atoms with E-state index >= 15 is 0 Å². The van der Waals surface area contributed by atoms with Crippen LogP contribution in [-0.4, -0.2) is 11.5 Å². The van der Waals surface area contributed by atoms with Crippen molar-refractivity contribution in [3.63, 3.8) is 0 Å². The van der Waals surface area contributed by atoms with Gasteiger partial charge in [0.2, 0.25) is 0 Å². The predicted molar refractivity (Wildman–Crippen MR) is 81.5 cm³/mol. The van der Waals surface area contributed by atoms with Gasteiger partial charge in [-0.25, -0.2) is 8.78 Å². The number of pyridine rings is 1. The number of halogens is 4. The van der Waals surface area contributed by atoms with Crippen molar-refractivity contribution in [1.82, 2.24) is 10.3 Å². The van der Waals surface area contributed by atoms with Crippen LogP contribution in [-0.2, 0) is 0 Å². The highest BCUT2D eigenvalue weighted by Crippen LogP contribution is 2.30. The monoisotopic (exact) mass is 404 g/mol. The molecule has 1 heterocycles. The number of aromatic nitrogens is 1. The molecule has 1 aromatic heterocycles. The highest BCUT2D eigenvalue weighted by atomic mass is 79.9. The summed E-state index contributed by atoms with van der Waals surface area (Å²) >= 11 is 6.73. The van der Waals surface area contributed by atoms with Crippen molar-refractivity contribution < 1.29 is 8.78 Å². The first-order valence-electron chi connectivity index (χ1n) is 6.02. The molecule has 1 unspecified atom stereocenters. The minimum absolute atomic E-state index is 0.238. The summed E-state index contributed by atoms with van der Waals surface area (Å²) in [7, 11) is 0. The summed E-state index contributed by atoms with van der Waals surface area (Å²) in [5.41, 5.74) is 0.849. The molecule has 1 aromatic carbocycles. The Kier molecular flexibility index (Phi) is 5.23. The summed E-state index contributed by atoms with van der Waals surface area (Å²) < 4.78 is 28.9. The Balaban J connectivity index is 2.53. The molecular formula is C14H12Br2F2N2. The summed E-state index contributed by atoms with van der Waals surface area (Å²) in [6.07, 6.45) is 1.63. The van der Waals surface area contributed by atoms with Crippen LogP contribution in [0.25, 0.3) is 0 Å². The maximum absolute atomic E-state index is 14.0. The lowest BCUT2D eigenvalue weighted by molar-refractivity contribution is 0.538. The fourth-order valence-corrected chi connectivity index (χ4v) is 3.15. The number of hydrogen-bond donors (Lipinski definition) is 1. The maximum atomic E-state index is 14.0. The molecule has 0 aliphatic heterocycles. The molecule has 1 atom stereocenters. The van der Waals surface area contributed by atoms with E-state index in [9.17, 15) is 8.78 Å². The van der Waals surface area contributed by atoms with Gasteiger partial charge in [0.1, 0.15) is 11.6 Å². The van der Waals surface area contributed by atoms with Crippen molar-refractivity contribution in [2.45, 2.75) is 13.0 Å². The van der Waals surface area contributed by atoms with E-state index in [1.54, 1.807) is 6.20 Å². The Morgan fingerprint density at radius 2 is 2.00 bits per heavy atom. The Morgan fingerprint density at radius 3 is 2.65 bits per heavy atom. The summed E-state index contributed by atoms with van der Waals surface area (Å²) in [6.45, 7) is 2.50. The molecule has 0 radical (unpaired) electrons. The molecule has 1 N–H and O–H groups in total. The molecule has 2 nitrogen and oxygen atoms in total. The topological polar surface area (TPSA) is 24.9 Å². The van der Waals surface area contributed by atoms with E-state index in [4.69, 9.17) is 0 Å². The second kappa shape index (κ2) is 6.74. The maximum Gasteiger partial charge on any atom is 0.128 e. The van der Waals surface area contributed by atoms with Crippen molar-refractivity contribution in [2.24, 2.45) is 0 Å². The van der Waals surface area contributed by atoms with Crippen LogP contribution in [0.2, 0.25) is 0 Å². The van der Waals surface area contributed by atoms with Crippen LogP contribution in [0, 0.1) is 11.6 Å². The third-order valence-corrected chi connectivity index (χ3v) is 3.86. The third kappa shape index (κ3) is 3.42. The molecule has 0 amide bonds. The molecule has 0 bridgehead atoms. The fourth-order valence-electron chi connectivity index (χ4n) is 1.93. The van der Waals surface area contributed by atoms with Crippen LogP contribution in [0.3, 0.4) is 0 Å². The van der Waals surface area contributed by atoms with Gasteiger partial charge >= 0.3 is 0 Å². The van der Waals surface area contributed by atoms with Crippen LogP contribution >= 0.6 is 31.9 Å². The Hall–Kier alpha value is -0.850. The molecule has 0 saturated heterocycles. The van der Waals surface area contributed by atoms with Crippen LogP contribution in [0.4, 0.5) is 8.78 Å². The first-order valence-corrected chi connectivity index (χ1v) is 7.60. The van der Waals surface area contributed by atoms with Gasteiger partial charge in [0.05, 0.1) is 11.7 Å². The lowest BCUT2D eigenvalue weighted by Crippen LogP contribution is -2.24. The molecule has 0 aliphatic carbocycles. The molecule has 0 fully saturated rings. The van der Waals surface area contributed by atoms with Gasteiger partial charge in [-0.3, -0.25) is 4.98 Å². The van der Waals surface area contributed by atoms with Crippen LogP contribution in [0.1, 0.15) is 24.2 Å². The van der Waals surface area contributed by atoms with Gasteiger partial charge in [-0.15, -0.1) is 0 Å². The average molecular weight is 406 g/mol. The zero-order valence-corrected chi connectivity index (χ0v) is 13.8. The number of hydrogen-bond acceptors (Lipinski definition) is 2. The smallest absolute Gasteiger partial charge is 0.128 e. The van der Waals surface area contributed by atoms with Gasteiger partial charge in [0, 0.05) is 20.7 Å². The lowest BCUT2D eigenvalue weighted by atomic mass is 10.0. The van der Waals surface area contributed by atoms with Gasteiger partial charge < -0.3 is 5.32 Å². The molecule has 0 saturated carbocycles. The Bertz CT molecular complexity index is 620. The van der Waals surface area contributed by atoms with Gasteiger partial charge in [0.25, 0.3) is 0 Å². The summed E-state index contributed by atoms with van der Waals surface area (Å²) in [5.74, 6) is -0.938. The number of rotatable bonds is 4. The zero-order valence-electron chi connectivity index (χ0n) is 10.6. The normalized spacial score (nSPS) is 12.4. The van der Waals surface area contributed by atoms with Crippen molar-refractivity contribution in [2.75, 3.05) is 6.54 Å². The summed E-state index contributed by atoms with van der Waals surface area (Å²) in [4.78, 5) is 4.30. The van der Waals surface area contributed by atoms with E-state index in [0.717, 1.165) is 21.1 Å². The average Bonchev–Trinajstić information content (AvgIpc) is 2.40. The van der Waals surface area contributed by atoms with Crippen LogP contribution < -0.4 is 5.32 Å². The molecule has 20 heavy (non-hydrogen) atoms. The second-order valence-electron chi connectivity index (χ2n) is 4.18. The number of benzene rings is 1. The van der Waals surface area contributed by atoms with Crippen molar-refractivity contribution in [1.29, 1.82) is 0 Å². The standard InChI is InChI=1S/C14H12Br2F2N2/c1-2-19-13(10-6-9(17)3-4-12(10)18)14-11(16)5-8(15)7-20-14/h3-7,13,19H,2H2,1H3. The number of nitrogens with zero attached hydrogens (tertiary/aromatic N) is 1. The van der Waals surface area contributed by atoms with Gasteiger partial charge in [-0.1, -0.05) is 6.92 Å². The summed E-state index contributed by atoms with van der Waals surface area (Å²) in [5, 5.41) is 3.13. The van der Waals surface area contributed by atoms with Gasteiger partial charge in [0.15, 0.2) is 0 Å². The molecule has 0 aliphatic rings. The molecule has 2 rings (SSSR count). The quantitative estimate of drug-likeness (QED) is 0.804. The predicted octanol–water partition coefficient (Wildman–Crippen LogP) is 4.58. The lowest BCUT2D eigenvalue weighted by Gasteiger charge is -2.20. The van der Waals surface area contributed by atoms with E-state index in [1.807, 2.05) is 13.0 Å². The van der Waals surface area contributed by atoms with E-state index in [2.05, 4.69) is 42.2 Å². The second-order valence-corrected chi connectivity index (χ2v) is 5.95. The fraction of sp³-hybridized carbons (Fsp3) is 0.214. The van der Waals surface area contributed by atoms with Crippen LogP contribution in [0.5, 0.6) is 0 Å². The Labute approximate surface area is 132 Å². The van der Waals surface area contributed by atoms with Crippen LogP contribution in [0.15, 0.2) is 39.4 Å².